The number of H-pyrrole nitrogens is 1. The van der Waals surface area contributed by atoms with Crippen molar-refractivity contribution in [3.63, 3.8) is 0 Å². The summed E-state index contributed by atoms with van der Waals surface area (Å²) in [4.78, 5) is 22.3. The van der Waals surface area contributed by atoms with E-state index in [0.29, 0.717) is 6.20 Å². The molecular formula is C14H8ClF3N4O. The lowest BCUT2D eigenvalue weighted by molar-refractivity contribution is -0.137. The minimum atomic E-state index is -4.64. The Balaban J connectivity index is 2.04. The monoisotopic (exact) mass is 340 g/mol. The van der Waals surface area contributed by atoms with Gasteiger partial charge >= 0.3 is 6.18 Å². The molecule has 5 nitrogen and oxygen atoms in total. The number of nitrogens with zero attached hydrogens (tertiary/aromatic N) is 2. The molecule has 0 saturated carbocycles. The van der Waals surface area contributed by atoms with Crippen LogP contribution in [0.1, 0.15) is 16.1 Å². The van der Waals surface area contributed by atoms with Gasteiger partial charge in [-0.25, -0.2) is 4.98 Å². The maximum Gasteiger partial charge on any atom is 0.419 e. The first-order chi connectivity index (χ1) is 10.9. The molecule has 3 rings (SSSR count). The molecule has 3 aromatic heterocycles. The Labute approximate surface area is 132 Å². The first-order valence-electron chi connectivity index (χ1n) is 6.33. The SMILES string of the molecule is O=C(Nc1c[nH]c2ncc(C(F)(F)F)c(Cl)c12)c1ccccn1. The van der Waals surface area contributed by atoms with E-state index in [4.69, 9.17) is 11.6 Å². The van der Waals surface area contributed by atoms with Crippen molar-refractivity contribution < 1.29 is 18.0 Å². The van der Waals surface area contributed by atoms with Crippen molar-refractivity contribution >= 4 is 34.2 Å². The molecule has 0 fully saturated rings. The molecule has 0 spiro atoms. The number of hydrogen-bond acceptors (Lipinski definition) is 3. The summed E-state index contributed by atoms with van der Waals surface area (Å²) in [7, 11) is 0. The van der Waals surface area contributed by atoms with Crippen LogP contribution in [0.2, 0.25) is 5.02 Å². The summed E-state index contributed by atoms with van der Waals surface area (Å²) < 4.78 is 38.7. The van der Waals surface area contributed by atoms with Crippen molar-refractivity contribution in [3.8, 4) is 0 Å². The molecule has 0 bridgehead atoms. The van der Waals surface area contributed by atoms with E-state index >= 15 is 0 Å². The van der Waals surface area contributed by atoms with E-state index in [1.165, 1.54) is 18.5 Å². The summed E-state index contributed by atoms with van der Waals surface area (Å²) >= 11 is 5.86. The fraction of sp³-hybridized carbons (Fsp3) is 0.0714. The van der Waals surface area contributed by atoms with Gasteiger partial charge in [0.2, 0.25) is 0 Å². The molecule has 0 aliphatic carbocycles. The number of carbonyl (C=O) groups excluding carboxylic acids is 1. The Morgan fingerprint density at radius 2 is 2.04 bits per heavy atom. The Morgan fingerprint density at radius 1 is 1.26 bits per heavy atom. The van der Waals surface area contributed by atoms with Gasteiger partial charge in [0.1, 0.15) is 11.3 Å². The highest BCUT2D eigenvalue weighted by molar-refractivity contribution is 6.37. The van der Waals surface area contributed by atoms with Gasteiger partial charge < -0.3 is 10.3 Å². The molecule has 0 radical (unpaired) electrons. The van der Waals surface area contributed by atoms with Crippen LogP contribution in [0, 0.1) is 0 Å². The van der Waals surface area contributed by atoms with Gasteiger partial charge in [0.25, 0.3) is 5.91 Å². The van der Waals surface area contributed by atoms with Crippen LogP contribution in [-0.4, -0.2) is 20.9 Å². The number of anilines is 1. The van der Waals surface area contributed by atoms with E-state index in [-0.39, 0.29) is 22.4 Å². The average Bonchev–Trinajstić information content (AvgIpc) is 2.91. The van der Waals surface area contributed by atoms with Crippen LogP contribution in [0.4, 0.5) is 18.9 Å². The van der Waals surface area contributed by atoms with Gasteiger partial charge in [-0.2, -0.15) is 13.2 Å². The third-order valence-corrected chi connectivity index (χ3v) is 3.48. The molecule has 1 amide bonds. The van der Waals surface area contributed by atoms with Gasteiger partial charge in [-0.3, -0.25) is 9.78 Å². The van der Waals surface area contributed by atoms with Gasteiger partial charge in [-0.1, -0.05) is 17.7 Å². The van der Waals surface area contributed by atoms with E-state index in [2.05, 4.69) is 20.3 Å². The Hall–Kier alpha value is -2.61. The molecule has 0 aromatic carbocycles. The molecule has 9 heteroatoms. The largest absolute Gasteiger partial charge is 0.419 e. The third kappa shape index (κ3) is 2.85. The second kappa shape index (κ2) is 5.54. The highest BCUT2D eigenvalue weighted by Gasteiger charge is 2.35. The van der Waals surface area contributed by atoms with Crippen LogP contribution in [0.3, 0.4) is 0 Å². The molecule has 23 heavy (non-hydrogen) atoms. The van der Waals surface area contributed by atoms with Crippen molar-refractivity contribution in [3.05, 3.63) is 53.1 Å². The van der Waals surface area contributed by atoms with E-state index < -0.39 is 22.7 Å². The number of alkyl halides is 3. The summed E-state index contributed by atoms with van der Waals surface area (Å²) in [6, 6.07) is 4.73. The van der Waals surface area contributed by atoms with E-state index in [9.17, 15) is 18.0 Å². The molecule has 0 atom stereocenters. The number of halogens is 4. The van der Waals surface area contributed by atoms with E-state index in [1.807, 2.05) is 0 Å². The highest BCUT2D eigenvalue weighted by Crippen LogP contribution is 2.39. The molecule has 0 unspecified atom stereocenters. The smallest absolute Gasteiger partial charge is 0.344 e. The minimum Gasteiger partial charge on any atom is -0.344 e. The predicted octanol–water partition coefficient (Wildman–Crippen LogP) is 3.88. The number of nitrogens with one attached hydrogen (secondary N) is 2. The molecule has 0 aliphatic rings. The number of carbonyl (C=O) groups is 1. The van der Waals surface area contributed by atoms with Gasteiger partial charge in [0.05, 0.1) is 21.7 Å². The quantitative estimate of drug-likeness (QED) is 0.743. The van der Waals surface area contributed by atoms with E-state index in [0.717, 1.165) is 0 Å². The highest BCUT2D eigenvalue weighted by atomic mass is 35.5. The van der Waals surface area contributed by atoms with Crippen molar-refractivity contribution in [1.29, 1.82) is 0 Å². The fourth-order valence-corrected chi connectivity index (χ4v) is 2.38. The van der Waals surface area contributed by atoms with Crippen molar-refractivity contribution in [2.75, 3.05) is 5.32 Å². The lowest BCUT2D eigenvalue weighted by atomic mass is 10.2. The van der Waals surface area contributed by atoms with Gasteiger partial charge in [0.15, 0.2) is 0 Å². The summed E-state index contributed by atoms with van der Waals surface area (Å²) in [5.74, 6) is -0.569. The van der Waals surface area contributed by atoms with Crippen LogP contribution in [-0.2, 0) is 6.18 Å². The number of amides is 1. The van der Waals surface area contributed by atoms with Crippen LogP contribution in [0.15, 0.2) is 36.8 Å². The Kier molecular flexibility index (Phi) is 3.69. The number of hydrogen-bond donors (Lipinski definition) is 2. The minimum absolute atomic E-state index is 0.00854. The predicted molar refractivity (Wildman–Crippen MR) is 78.3 cm³/mol. The van der Waals surface area contributed by atoms with Crippen LogP contribution in [0.25, 0.3) is 11.0 Å². The van der Waals surface area contributed by atoms with Crippen LogP contribution >= 0.6 is 11.6 Å². The zero-order valence-electron chi connectivity index (χ0n) is 11.3. The zero-order valence-corrected chi connectivity index (χ0v) is 12.0. The first-order valence-corrected chi connectivity index (χ1v) is 6.71. The average molecular weight is 341 g/mol. The lowest BCUT2D eigenvalue weighted by Crippen LogP contribution is -2.13. The number of rotatable bonds is 2. The first kappa shape index (κ1) is 15.3. The fourth-order valence-electron chi connectivity index (χ4n) is 2.04. The second-order valence-corrected chi connectivity index (χ2v) is 4.96. The molecular weight excluding hydrogens is 333 g/mol. The normalized spacial score (nSPS) is 11.7. The summed E-state index contributed by atoms with van der Waals surface area (Å²) in [6.45, 7) is 0. The summed E-state index contributed by atoms with van der Waals surface area (Å²) in [6.07, 6.45) is -1.24. The van der Waals surface area contributed by atoms with Crippen LogP contribution in [0.5, 0.6) is 0 Å². The summed E-state index contributed by atoms with van der Waals surface area (Å²) in [5.41, 5.74) is -0.712. The van der Waals surface area contributed by atoms with Gasteiger partial charge in [0, 0.05) is 18.6 Å². The topological polar surface area (TPSA) is 70.7 Å². The van der Waals surface area contributed by atoms with Gasteiger partial charge in [-0.05, 0) is 12.1 Å². The second-order valence-electron chi connectivity index (χ2n) is 4.58. The Morgan fingerprint density at radius 3 is 2.70 bits per heavy atom. The number of pyridine rings is 2. The molecule has 3 aromatic rings. The zero-order chi connectivity index (χ0) is 16.6. The number of aromatic nitrogens is 3. The lowest BCUT2D eigenvalue weighted by Gasteiger charge is -2.10. The van der Waals surface area contributed by atoms with E-state index in [1.54, 1.807) is 12.1 Å². The van der Waals surface area contributed by atoms with Crippen molar-refractivity contribution in [2.24, 2.45) is 0 Å². The Bertz CT molecular complexity index is 877. The molecule has 3 heterocycles. The number of aromatic amines is 1. The van der Waals surface area contributed by atoms with Crippen molar-refractivity contribution in [1.82, 2.24) is 15.0 Å². The standard InChI is InChI=1S/C14H8ClF3N4O/c15-11-7(14(16,17)18)5-20-12-10(11)9(6-21-12)22-13(23)8-3-1-2-4-19-8/h1-6H,(H,20,21)(H,22,23). The molecule has 0 saturated heterocycles. The maximum atomic E-state index is 12.9. The maximum absolute atomic E-state index is 12.9. The summed E-state index contributed by atoms with van der Waals surface area (Å²) in [5, 5.41) is 1.94. The van der Waals surface area contributed by atoms with Crippen LogP contribution < -0.4 is 5.32 Å². The molecule has 2 N–H and O–H groups in total. The molecule has 0 aliphatic heterocycles. The van der Waals surface area contributed by atoms with Crippen molar-refractivity contribution in [2.45, 2.75) is 6.18 Å². The van der Waals surface area contributed by atoms with Gasteiger partial charge in [-0.15, -0.1) is 0 Å². The third-order valence-electron chi connectivity index (χ3n) is 3.09. The molecule has 118 valence electrons. The number of fused-ring (bicyclic) bond motifs is 1.